The highest BCUT2D eigenvalue weighted by atomic mass is 32.1. The molecule has 2 amide bonds. The van der Waals surface area contributed by atoms with Gasteiger partial charge in [0.05, 0.1) is 62.2 Å². The average Bonchev–Trinajstić information content (AvgIpc) is 3.72. The van der Waals surface area contributed by atoms with Gasteiger partial charge in [-0.05, 0) is 66.2 Å². The van der Waals surface area contributed by atoms with Crippen LogP contribution in [-0.4, -0.2) is 51.7 Å². The molecule has 0 spiro atoms. The number of ketones is 1. The number of aryl methyl sites for hydroxylation is 3. The number of thiazole rings is 3. The van der Waals surface area contributed by atoms with E-state index in [0.29, 0.717) is 32.4 Å². The molecule has 0 aliphatic heterocycles. The Morgan fingerprint density at radius 2 is 1.23 bits per heavy atom. The summed E-state index contributed by atoms with van der Waals surface area (Å²) in [6.07, 6.45) is 5.04. The van der Waals surface area contributed by atoms with Crippen LogP contribution in [0.5, 0.6) is 0 Å². The summed E-state index contributed by atoms with van der Waals surface area (Å²) < 4.78 is 0. The summed E-state index contributed by atoms with van der Waals surface area (Å²) >= 11 is 4.11. The zero-order valence-electron chi connectivity index (χ0n) is 29.2. The van der Waals surface area contributed by atoms with Gasteiger partial charge in [0.15, 0.2) is 5.78 Å². The first-order chi connectivity index (χ1) is 22.3. The van der Waals surface area contributed by atoms with Gasteiger partial charge < -0.3 is 27.4 Å². The third kappa shape index (κ3) is 10.7. The fourth-order valence-electron chi connectivity index (χ4n) is 5.35. The monoisotopic (exact) mass is 706 g/mol. The highest BCUT2D eigenvalue weighted by molar-refractivity contribution is 7.14. The summed E-state index contributed by atoms with van der Waals surface area (Å²) in [5.74, 6) is -0.679. The van der Waals surface area contributed by atoms with E-state index in [2.05, 4.69) is 46.2 Å². The number of hydrogen-bond acceptors (Lipinski definition) is 10. The molecular weight excluding hydrogens is 653 g/mol. The lowest BCUT2D eigenvalue weighted by molar-refractivity contribution is -0.368. The maximum absolute atomic E-state index is 13.9. The smallest absolute Gasteiger partial charge is 0.263 e. The van der Waals surface area contributed by atoms with Crippen LogP contribution in [0.15, 0.2) is 0 Å². The Kier molecular flexibility index (Phi) is 15.1. The molecule has 0 radical (unpaired) electrons. The molecule has 3 aromatic heterocycles. The summed E-state index contributed by atoms with van der Waals surface area (Å²) in [7, 11) is 0. The molecule has 260 valence electrons. The number of nitrogens with one attached hydrogen (secondary N) is 3. The van der Waals surface area contributed by atoms with Crippen molar-refractivity contribution in [1.29, 1.82) is 0 Å². The maximum Gasteiger partial charge on any atom is 0.263 e. The SMILES string of the molecule is Cc1nc([C@H](C)NC(C)C)c(C(=O)N[C@@H](CCCC[NH3+])c2nc(C)sc2C(=O)N[C@@H](C)c2nc(CCCC[NH3+])sc2C(=O)C(C)C)s1. The summed E-state index contributed by atoms with van der Waals surface area (Å²) in [6.45, 7) is 17.2. The molecule has 0 aliphatic carbocycles. The molecule has 47 heavy (non-hydrogen) atoms. The second-order valence-corrected chi connectivity index (χ2v) is 16.1. The van der Waals surface area contributed by atoms with Crippen LogP contribution in [0.2, 0.25) is 0 Å². The minimum absolute atomic E-state index is 0.0279. The lowest BCUT2D eigenvalue weighted by Gasteiger charge is -2.20. The molecule has 0 aromatic carbocycles. The van der Waals surface area contributed by atoms with Crippen molar-refractivity contribution in [2.75, 3.05) is 13.1 Å². The minimum Gasteiger partial charge on any atom is -0.358 e. The molecule has 0 saturated carbocycles. The third-order valence-corrected chi connectivity index (χ3v) is 10.8. The maximum atomic E-state index is 13.9. The van der Waals surface area contributed by atoms with Crippen LogP contribution in [0.3, 0.4) is 0 Å². The van der Waals surface area contributed by atoms with Crippen LogP contribution in [0.25, 0.3) is 0 Å². The van der Waals surface area contributed by atoms with Crippen LogP contribution in [0, 0.1) is 19.8 Å². The molecule has 3 atom stereocenters. The number of Topliss-reactive ketones (excluding diaryl/α,β-unsaturated/α-hetero) is 1. The van der Waals surface area contributed by atoms with Crippen molar-refractivity contribution in [2.24, 2.45) is 5.92 Å². The number of unbranched alkanes of at least 4 members (excludes halogenated alkanes) is 2. The third-order valence-electron chi connectivity index (χ3n) is 7.65. The van der Waals surface area contributed by atoms with Gasteiger partial charge >= 0.3 is 0 Å². The van der Waals surface area contributed by atoms with Gasteiger partial charge in [0.2, 0.25) is 0 Å². The van der Waals surface area contributed by atoms with Gasteiger partial charge in [0.25, 0.3) is 11.8 Å². The van der Waals surface area contributed by atoms with Crippen LogP contribution < -0.4 is 27.4 Å². The molecular formula is C33H54N8O3S3+2. The Labute approximate surface area is 291 Å². The number of carbonyl (C=O) groups excluding carboxylic acids is 3. The van der Waals surface area contributed by atoms with Gasteiger partial charge in [-0.15, -0.1) is 34.0 Å². The summed E-state index contributed by atoms with van der Waals surface area (Å²) in [5, 5.41) is 12.2. The number of amides is 2. The van der Waals surface area contributed by atoms with E-state index in [-0.39, 0.29) is 35.6 Å². The van der Waals surface area contributed by atoms with E-state index in [4.69, 9.17) is 9.97 Å². The number of aromatic nitrogens is 3. The van der Waals surface area contributed by atoms with E-state index in [1.165, 1.54) is 34.0 Å². The second-order valence-electron chi connectivity index (χ2n) is 12.7. The zero-order chi connectivity index (χ0) is 34.8. The van der Waals surface area contributed by atoms with Gasteiger partial charge in [-0.3, -0.25) is 14.4 Å². The van der Waals surface area contributed by atoms with Crippen molar-refractivity contribution in [1.82, 2.24) is 30.9 Å². The fourth-order valence-corrected chi connectivity index (χ4v) is 8.44. The van der Waals surface area contributed by atoms with Crippen molar-refractivity contribution in [3.63, 3.8) is 0 Å². The van der Waals surface area contributed by atoms with Crippen LogP contribution in [0.4, 0.5) is 0 Å². The molecule has 9 N–H and O–H groups in total. The highest BCUT2D eigenvalue weighted by Crippen LogP contribution is 2.32. The van der Waals surface area contributed by atoms with Gasteiger partial charge in [-0.25, -0.2) is 15.0 Å². The first kappa shape index (κ1) is 38.8. The number of rotatable bonds is 19. The lowest BCUT2D eigenvalue weighted by Crippen LogP contribution is -2.50. The summed E-state index contributed by atoms with van der Waals surface area (Å²) in [6, 6.07) is -0.841. The van der Waals surface area contributed by atoms with Crippen LogP contribution in [-0.2, 0) is 6.42 Å². The normalized spacial score (nSPS) is 13.6. The Morgan fingerprint density at radius 3 is 1.83 bits per heavy atom. The number of quaternary nitrogens is 2. The van der Waals surface area contributed by atoms with Crippen molar-refractivity contribution < 1.29 is 25.9 Å². The van der Waals surface area contributed by atoms with Crippen molar-refractivity contribution in [3.05, 3.63) is 46.7 Å². The molecule has 3 aromatic rings. The molecule has 11 nitrogen and oxygen atoms in total. The van der Waals surface area contributed by atoms with Gasteiger partial charge in [-0.2, -0.15) is 0 Å². The van der Waals surface area contributed by atoms with Crippen molar-refractivity contribution in [3.8, 4) is 0 Å². The first-order valence-corrected chi connectivity index (χ1v) is 19.2. The Hall–Kier alpha value is -2.62. The van der Waals surface area contributed by atoms with E-state index >= 15 is 0 Å². The highest BCUT2D eigenvalue weighted by Gasteiger charge is 2.31. The van der Waals surface area contributed by atoms with Gasteiger partial charge in [0, 0.05) is 18.0 Å². The number of carbonyl (C=O) groups is 3. The molecule has 0 unspecified atom stereocenters. The predicted octanol–water partition coefficient (Wildman–Crippen LogP) is 4.51. The Bertz CT molecular complexity index is 1500. The molecule has 0 fully saturated rings. The van der Waals surface area contributed by atoms with Gasteiger partial charge in [-0.1, -0.05) is 27.7 Å². The number of hydrogen-bond donors (Lipinski definition) is 5. The van der Waals surface area contributed by atoms with Crippen molar-refractivity contribution in [2.45, 2.75) is 118 Å². The zero-order valence-corrected chi connectivity index (χ0v) is 31.7. The van der Waals surface area contributed by atoms with E-state index in [1.54, 1.807) is 0 Å². The average molecular weight is 707 g/mol. The van der Waals surface area contributed by atoms with E-state index < -0.39 is 12.1 Å². The topological polar surface area (TPSA) is 181 Å². The van der Waals surface area contributed by atoms with E-state index in [0.717, 1.165) is 65.9 Å². The minimum atomic E-state index is -0.495. The fraction of sp³-hybridized carbons (Fsp3) is 0.636. The summed E-state index contributed by atoms with van der Waals surface area (Å²) in [5.41, 5.74) is 9.77. The van der Waals surface area contributed by atoms with E-state index in [9.17, 15) is 14.4 Å². The largest absolute Gasteiger partial charge is 0.358 e. The standard InChI is InChI=1S/C33H52N8O3S3/c1-17(2)28(42)29-25(41-24(47-29)14-10-12-16-35)20(6)37-32(43)31-27(39-22(8)46-31)23(13-9-11-15-34)40-33(44)30-26(38-21(7)45-30)19(5)36-18(3)4/h17-20,23,36H,9-16,34-35H2,1-8H3,(H,37,43)(H,40,44)/p+2/t19-,20-,23-/m0/s1. The summed E-state index contributed by atoms with van der Waals surface area (Å²) in [4.78, 5) is 56.9. The molecule has 0 bridgehead atoms. The Morgan fingerprint density at radius 1 is 0.681 bits per heavy atom. The number of nitrogens with zero attached hydrogens (tertiary/aromatic N) is 3. The molecule has 0 saturated heterocycles. The second kappa shape index (κ2) is 18.2. The quantitative estimate of drug-likeness (QED) is 0.0898. The van der Waals surface area contributed by atoms with Crippen molar-refractivity contribution >= 4 is 51.6 Å². The predicted molar refractivity (Wildman–Crippen MR) is 190 cm³/mol. The van der Waals surface area contributed by atoms with Gasteiger partial charge in [0.1, 0.15) is 9.75 Å². The molecule has 0 aliphatic rings. The Balaban J connectivity index is 1.91. The molecule has 3 rings (SSSR count). The lowest BCUT2D eigenvalue weighted by atomic mass is 10.0. The van der Waals surface area contributed by atoms with Crippen LogP contribution in [0.1, 0.15) is 153 Å². The van der Waals surface area contributed by atoms with Crippen LogP contribution >= 0.6 is 34.0 Å². The molecule has 14 heteroatoms. The molecule has 3 heterocycles. The van der Waals surface area contributed by atoms with E-state index in [1.807, 2.05) is 41.5 Å². The first-order valence-electron chi connectivity index (χ1n) is 16.7.